The van der Waals surface area contributed by atoms with Gasteiger partial charge in [-0.05, 0) is 24.1 Å². The number of H-pyrrole nitrogens is 1. The van der Waals surface area contributed by atoms with Gasteiger partial charge in [0.25, 0.3) is 0 Å². The fourth-order valence-corrected chi connectivity index (χ4v) is 1.60. The Morgan fingerprint density at radius 1 is 1.32 bits per heavy atom. The van der Waals surface area contributed by atoms with Crippen molar-refractivity contribution in [2.75, 3.05) is 19.0 Å². The van der Waals surface area contributed by atoms with Crippen LogP contribution in [-0.4, -0.2) is 29.9 Å². The molecule has 19 heavy (non-hydrogen) atoms. The topological polar surface area (TPSA) is 79.0 Å². The summed E-state index contributed by atoms with van der Waals surface area (Å²) < 4.78 is 5.08. The molecule has 0 spiro atoms. The first kappa shape index (κ1) is 12.9. The van der Waals surface area contributed by atoms with Crippen LogP contribution in [0.4, 0.5) is 10.6 Å². The van der Waals surface area contributed by atoms with Gasteiger partial charge in [-0.1, -0.05) is 12.1 Å². The molecule has 1 aromatic carbocycles. The first-order chi connectivity index (χ1) is 9.28. The normalized spacial score (nSPS) is 9.95. The summed E-state index contributed by atoms with van der Waals surface area (Å²) in [5, 5.41) is 11.8. The van der Waals surface area contributed by atoms with Crippen LogP contribution in [0.15, 0.2) is 36.5 Å². The van der Waals surface area contributed by atoms with Crippen molar-refractivity contribution >= 4 is 11.8 Å². The van der Waals surface area contributed by atoms with Crippen molar-refractivity contribution in [1.82, 2.24) is 15.5 Å². The van der Waals surface area contributed by atoms with E-state index in [1.54, 1.807) is 19.4 Å². The molecule has 0 bridgehead atoms. The largest absolute Gasteiger partial charge is 0.497 e. The van der Waals surface area contributed by atoms with Crippen LogP contribution in [0.25, 0.3) is 0 Å². The summed E-state index contributed by atoms with van der Waals surface area (Å²) in [6.45, 7) is 0.562. The summed E-state index contributed by atoms with van der Waals surface area (Å²) >= 11 is 0. The first-order valence-electron chi connectivity index (χ1n) is 5.95. The minimum atomic E-state index is -0.252. The summed E-state index contributed by atoms with van der Waals surface area (Å²) in [4.78, 5) is 11.5. The number of methoxy groups -OCH3 is 1. The molecule has 0 saturated carbocycles. The van der Waals surface area contributed by atoms with Crippen molar-refractivity contribution in [1.29, 1.82) is 0 Å². The second-order valence-electron chi connectivity index (χ2n) is 3.95. The Balaban J connectivity index is 1.72. The second-order valence-corrected chi connectivity index (χ2v) is 3.95. The third-order valence-corrected chi connectivity index (χ3v) is 2.61. The fraction of sp³-hybridized carbons (Fsp3) is 0.231. The van der Waals surface area contributed by atoms with E-state index in [2.05, 4.69) is 20.8 Å². The van der Waals surface area contributed by atoms with Crippen molar-refractivity contribution < 1.29 is 9.53 Å². The lowest BCUT2D eigenvalue weighted by Gasteiger charge is -2.06. The average Bonchev–Trinajstić information content (AvgIpc) is 2.92. The van der Waals surface area contributed by atoms with Gasteiger partial charge in [-0.3, -0.25) is 10.4 Å². The van der Waals surface area contributed by atoms with E-state index in [-0.39, 0.29) is 6.03 Å². The van der Waals surface area contributed by atoms with Crippen LogP contribution in [0, 0.1) is 0 Å². The summed E-state index contributed by atoms with van der Waals surface area (Å²) in [7, 11) is 1.64. The van der Waals surface area contributed by atoms with E-state index in [1.165, 1.54) is 0 Å². The average molecular weight is 260 g/mol. The number of rotatable bonds is 5. The molecule has 3 N–H and O–H groups in total. The molecule has 6 nitrogen and oxygen atoms in total. The van der Waals surface area contributed by atoms with Gasteiger partial charge < -0.3 is 10.1 Å². The molecule has 0 radical (unpaired) electrons. The van der Waals surface area contributed by atoms with Gasteiger partial charge in [0.05, 0.1) is 13.3 Å². The van der Waals surface area contributed by atoms with Crippen LogP contribution in [0.2, 0.25) is 0 Å². The lowest BCUT2D eigenvalue weighted by Crippen LogP contribution is -2.30. The van der Waals surface area contributed by atoms with E-state index in [1.807, 2.05) is 24.3 Å². The van der Waals surface area contributed by atoms with Gasteiger partial charge in [-0.2, -0.15) is 5.10 Å². The number of hydrogen-bond acceptors (Lipinski definition) is 3. The van der Waals surface area contributed by atoms with Crippen molar-refractivity contribution in [3.8, 4) is 5.75 Å². The quantitative estimate of drug-likeness (QED) is 0.766. The smallest absolute Gasteiger partial charge is 0.320 e. The maximum atomic E-state index is 11.5. The van der Waals surface area contributed by atoms with Crippen LogP contribution in [-0.2, 0) is 6.42 Å². The number of nitrogens with one attached hydrogen (secondary N) is 3. The highest BCUT2D eigenvalue weighted by Crippen LogP contribution is 2.11. The number of hydrogen-bond donors (Lipinski definition) is 3. The Morgan fingerprint density at radius 2 is 2.11 bits per heavy atom. The number of nitrogens with zero attached hydrogens (tertiary/aromatic N) is 1. The minimum Gasteiger partial charge on any atom is -0.497 e. The van der Waals surface area contributed by atoms with Crippen molar-refractivity contribution in [3.63, 3.8) is 0 Å². The highest BCUT2D eigenvalue weighted by molar-refractivity contribution is 5.88. The Bertz CT molecular complexity index is 508. The van der Waals surface area contributed by atoms with E-state index >= 15 is 0 Å². The number of urea groups is 1. The maximum Gasteiger partial charge on any atom is 0.320 e. The highest BCUT2D eigenvalue weighted by Gasteiger charge is 2.01. The monoisotopic (exact) mass is 260 g/mol. The zero-order valence-corrected chi connectivity index (χ0v) is 10.6. The predicted octanol–water partition coefficient (Wildman–Crippen LogP) is 1.78. The zero-order chi connectivity index (χ0) is 13.5. The summed E-state index contributed by atoms with van der Waals surface area (Å²) in [5.41, 5.74) is 1.14. The van der Waals surface area contributed by atoms with Gasteiger partial charge in [0.1, 0.15) is 11.6 Å². The summed E-state index contributed by atoms with van der Waals surface area (Å²) in [6, 6.07) is 9.20. The summed E-state index contributed by atoms with van der Waals surface area (Å²) in [5.74, 6) is 1.40. The molecule has 2 aromatic rings. The third-order valence-electron chi connectivity index (χ3n) is 2.61. The molecule has 6 heteroatoms. The first-order valence-corrected chi connectivity index (χ1v) is 5.95. The number of aromatic nitrogens is 2. The lowest BCUT2D eigenvalue weighted by molar-refractivity contribution is 0.252. The van der Waals surface area contributed by atoms with Crippen LogP contribution in [0.1, 0.15) is 5.56 Å². The van der Waals surface area contributed by atoms with Gasteiger partial charge in [0.2, 0.25) is 0 Å². The molecule has 0 fully saturated rings. The number of carbonyl (C=O) groups is 1. The van der Waals surface area contributed by atoms with E-state index in [0.29, 0.717) is 12.4 Å². The Hall–Kier alpha value is -2.50. The third kappa shape index (κ3) is 4.02. The number of aromatic amines is 1. The Kier molecular flexibility index (Phi) is 4.39. The number of carbonyl (C=O) groups excluding carboxylic acids is 1. The van der Waals surface area contributed by atoms with Gasteiger partial charge in [0, 0.05) is 12.6 Å². The molecular formula is C13H16N4O2. The van der Waals surface area contributed by atoms with E-state index < -0.39 is 0 Å². The molecule has 0 atom stereocenters. The highest BCUT2D eigenvalue weighted by atomic mass is 16.5. The van der Waals surface area contributed by atoms with Gasteiger partial charge in [-0.15, -0.1) is 0 Å². The van der Waals surface area contributed by atoms with Crippen molar-refractivity contribution in [3.05, 3.63) is 42.1 Å². The second kappa shape index (κ2) is 6.44. The molecule has 1 heterocycles. The molecular weight excluding hydrogens is 244 g/mol. The molecule has 1 aromatic heterocycles. The number of anilines is 1. The Labute approximate surface area is 111 Å². The molecule has 0 unspecified atom stereocenters. The van der Waals surface area contributed by atoms with Crippen molar-refractivity contribution in [2.24, 2.45) is 0 Å². The lowest BCUT2D eigenvalue weighted by atomic mass is 10.1. The molecule has 100 valence electrons. The summed E-state index contributed by atoms with van der Waals surface area (Å²) in [6.07, 6.45) is 2.34. The number of benzene rings is 1. The number of amides is 2. The molecule has 0 aliphatic heterocycles. The SMILES string of the molecule is COc1ccc(CCNC(=O)Nc2ccn[nH]2)cc1. The standard InChI is InChI=1S/C13H16N4O2/c1-19-11-4-2-10(3-5-11)6-8-14-13(18)16-12-7-9-15-17-12/h2-5,7,9H,6,8H2,1H3,(H3,14,15,16,17,18). The van der Waals surface area contributed by atoms with Crippen LogP contribution >= 0.6 is 0 Å². The fourth-order valence-electron chi connectivity index (χ4n) is 1.60. The Morgan fingerprint density at radius 3 is 2.74 bits per heavy atom. The molecule has 2 amide bonds. The van der Waals surface area contributed by atoms with E-state index in [9.17, 15) is 4.79 Å². The van der Waals surface area contributed by atoms with Gasteiger partial charge in [0.15, 0.2) is 0 Å². The van der Waals surface area contributed by atoms with E-state index in [4.69, 9.17) is 4.74 Å². The molecule has 2 rings (SSSR count). The molecule has 0 saturated heterocycles. The zero-order valence-electron chi connectivity index (χ0n) is 10.6. The van der Waals surface area contributed by atoms with Crippen LogP contribution < -0.4 is 15.4 Å². The maximum absolute atomic E-state index is 11.5. The van der Waals surface area contributed by atoms with Gasteiger partial charge >= 0.3 is 6.03 Å². The van der Waals surface area contributed by atoms with E-state index in [0.717, 1.165) is 17.7 Å². The predicted molar refractivity (Wildman–Crippen MR) is 72.3 cm³/mol. The molecule has 0 aliphatic carbocycles. The minimum absolute atomic E-state index is 0.252. The van der Waals surface area contributed by atoms with Crippen LogP contribution in [0.5, 0.6) is 5.75 Å². The van der Waals surface area contributed by atoms with Gasteiger partial charge in [-0.25, -0.2) is 4.79 Å². The molecule has 0 aliphatic rings. The van der Waals surface area contributed by atoms with Crippen molar-refractivity contribution in [2.45, 2.75) is 6.42 Å². The number of ether oxygens (including phenoxy) is 1. The van der Waals surface area contributed by atoms with Crippen LogP contribution in [0.3, 0.4) is 0 Å².